The Bertz CT molecular complexity index is 404. The summed E-state index contributed by atoms with van der Waals surface area (Å²) in [6.45, 7) is -0.463. The highest BCUT2D eigenvalue weighted by Gasteiger charge is 2.19. The zero-order chi connectivity index (χ0) is 11.4. The predicted molar refractivity (Wildman–Crippen MR) is 49.4 cm³/mol. The third kappa shape index (κ3) is 2.41. The van der Waals surface area contributed by atoms with Crippen molar-refractivity contribution < 1.29 is 13.9 Å². The molecule has 1 N–H and O–H groups in total. The number of aliphatic hydroxyl groups excluding tert-OH is 1. The van der Waals surface area contributed by atoms with Gasteiger partial charge in [0.25, 0.3) is 6.43 Å². The molecule has 0 amide bonds. The molecule has 1 heterocycles. The van der Waals surface area contributed by atoms with E-state index < -0.39 is 18.7 Å². The molecule has 0 unspecified atom stereocenters. The Morgan fingerprint density at radius 3 is 2.67 bits per heavy atom. The van der Waals surface area contributed by atoms with Crippen molar-refractivity contribution in [3.63, 3.8) is 0 Å². The first-order valence-electron chi connectivity index (χ1n) is 4.01. The van der Waals surface area contributed by atoms with Gasteiger partial charge in [0, 0.05) is 5.88 Å². The van der Waals surface area contributed by atoms with Crippen LogP contribution in [0.2, 0.25) is 0 Å². The minimum Gasteiger partial charge on any atom is -0.390 e. The summed E-state index contributed by atoms with van der Waals surface area (Å²) < 4.78 is 25.0. The van der Waals surface area contributed by atoms with E-state index >= 15 is 0 Å². The Labute approximate surface area is 89.9 Å². The lowest BCUT2D eigenvalue weighted by atomic mass is 10.1. The fourth-order valence-corrected chi connectivity index (χ4v) is 1.36. The molecule has 0 bridgehead atoms. The number of pyridine rings is 1. The van der Waals surface area contributed by atoms with Crippen LogP contribution in [0.1, 0.15) is 28.9 Å². The largest absolute Gasteiger partial charge is 0.390 e. The van der Waals surface area contributed by atoms with Gasteiger partial charge in [0.15, 0.2) is 0 Å². The van der Waals surface area contributed by atoms with Crippen molar-refractivity contribution in [2.24, 2.45) is 0 Å². The summed E-state index contributed by atoms with van der Waals surface area (Å²) in [4.78, 5) is 3.49. The topological polar surface area (TPSA) is 56.9 Å². The molecule has 0 aliphatic carbocycles. The van der Waals surface area contributed by atoms with Crippen LogP contribution in [0.25, 0.3) is 0 Å². The molecule has 0 radical (unpaired) electrons. The van der Waals surface area contributed by atoms with Gasteiger partial charge in [0.05, 0.1) is 17.9 Å². The third-order valence-corrected chi connectivity index (χ3v) is 2.09. The number of aliphatic hydroxyl groups is 1. The molecular weight excluding hydrogens is 226 g/mol. The molecule has 15 heavy (non-hydrogen) atoms. The Morgan fingerprint density at radius 1 is 1.60 bits per heavy atom. The van der Waals surface area contributed by atoms with E-state index in [1.54, 1.807) is 6.07 Å². The Hall–Kier alpha value is -1.25. The molecule has 0 saturated carbocycles. The van der Waals surface area contributed by atoms with Gasteiger partial charge >= 0.3 is 0 Å². The van der Waals surface area contributed by atoms with Crippen LogP contribution in [0.5, 0.6) is 0 Å². The second kappa shape index (κ2) is 5.01. The van der Waals surface area contributed by atoms with Gasteiger partial charge in [-0.3, -0.25) is 0 Å². The highest BCUT2D eigenvalue weighted by atomic mass is 35.5. The average Bonchev–Trinajstić information content (AvgIpc) is 2.26. The number of alkyl halides is 3. The van der Waals surface area contributed by atoms with Gasteiger partial charge in [-0.2, -0.15) is 5.26 Å². The van der Waals surface area contributed by atoms with E-state index in [2.05, 4.69) is 4.98 Å². The molecule has 6 heteroatoms. The number of hydrogen-bond acceptors (Lipinski definition) is 3. The summed E-state index contributed by atoms with van der Waals surface area (Å²) in [5.41, 5.74) is -0.495. The Morgan fingerprint density at radius 2 is 2.27 bits per heavy atom. The monoisotopic (exact) mass is 232 g/mol. The van der Waals surface area contributed by atoms with Crippen molar-refractivity contribution in [1.29, 1.82) is 5.26 Å². The van der Waals surface area contributed by atoms with Crippen molar-refractivity contribution in [3.8, 4) is 6.07 Å². The summed E-state index contributed by atoms with van der Waals surface area (Å²) in [6, 6.07) is 2.98. The SMILES string of the molecule is N#Cc1c(CCl)cc(CO)nc1C(F)F. The maximum atomic E-state index is 12.5. The molecule has 0 atom stereocenters. The summed E-state index contributed by atoms with van der Waals surface area (Å²) >= 11 is 5.51. The van der Waals surface area contributed by atoms with Crippen LogP contribution < -0.4 is 0 Å². The van der Waals surface area contributed by atoms with Crippen LogP contribution in [0.4, 0.5) is 8.78 Å². The van der Waals surface area contributed by atoms with Crippen LogP contribution in [-0.4, -0.2) is 10.1 Å². The minimum absolute atomic E-state index is 0.0713. The second-order valence-corrected chi connectivity index (χ2v) is 3.00. The molecule has 0 aliphatic rings. The minimum atomic E-state index is -2.85. The summed E-state index contributed by atoms with van der Waals surface area (Å²) in [6.07, 6.45) is -2.85. The maximum Gasteiger partial charge on any atom is 0.281 e. The Balaban J connectivity index is 3.41. The van der Waals surface area contributed by atoms with Gasteiger partial charge in [-0.1, -0.05) is 0 Å². The molecule has 3 nitrogen and oxygen atoms in total. The summed E-state index contributed by atoms with van der Waals surface area (Å²) in [5.74, 6) is -0.0713. The third-order valence-electron chi connectivity index (χ3n) is 1.81. The average molecular weight is 233 g/mol. The van der Waals surface area contributed by atoms with Crippen molar-refractivity contribution in [2.45, 2.75) is 18.9 Å². The Kier molecular flexibility index (Phi) is 3.95. The zero-order valence-corrected chi connectivity index (χ0v) is 8.30. The van der Waals surface area contributed by atoms with E-state index in [-0.39, 0.29) is 22.7 Å². The lowest BCUT2D eigenvalue weighted by Gasteiger charge is -2.08. The lowest BCUT2D eigenvalue weighted by molar-refractivity contribution is 0.144. The van der Waals surface area contributed by atoms with Gasteiger partial charge in [0.1, 0.15) is 11.8 Å². The fourth-order valence-electron chi connectivity index (χ4n) is 1.15. The lowest BCUT2D eigenvalue weighted by Crippen LogP contribution is -2.03. The van der Waals surface area contributed by atoms with Crippen molar-refractivity contribution in [1.82, 2.24) is 4.98 Å². The van der Waals surface area contributed by atoms with Gasteiger partial charge in [0.2, 0.25) is 0 Å². The molecule has 1 rings (SSSR count). The van der Waals surface area contributed by atoms with E-state index in [4.69, 9.17) is 22.0 Å². The van der Waals surface area contributed by atoms with Crippen LogP contribution in [0.15, 0.2) is 6.07 Å². The number of rotatable bonds is 3. The fraction of sp³-hybridized carbons (Fsp3) is 0.333. The van der Waals surface area contributed by atoms with Crippen LogP contribution in [0.3, 0.4) is 0 Å². The highest BCUT2D eigenvalue weighted by molar-refractivity contribution is 6.17. The van der Waals surface area contributed by atoms with Crippen molar-refractivity contribution in [3.05, 3.63) is 28.6 Å². The second-order valence-electron chi connectivity index (χ2n) is 2.74. The van der Waals surface area contributed by atoms with Gasteiger partial charge in [-0.25, -0.2) is 13.8 Å². The maximum absolute atomic E-state index is 12.5. The van der Waals surface area contributed by atoms with E-state index in [1.807, 2.05) is 0 Å². The van der Waals surface area contributed by atoms with E-state index in [0.29, 0.717) is 0 Å². The molecule has 1 aromatic rings. The van der Waals surface area contributed by atoms with Crippen LogP contribution >= 0.6 is 11.6 Å². The molecule has 0 saturated heterocycles. The molecule has 0 fully saturated rings. The summed E-state index contributed by atoms with van der Waals surface area (Å²) in [7, 11) is 0. The smallest absolute Gasteiger partial charge is 0.281 e. The standard InChI is InChI=1S/C9H7ClF2N2O/c10-2-5-1-6(4-15)14-8(9(11)12)7(5)3-13/h1,9,15H,2,4H2. The number of halogens is 3. The number of hydrogen-bond donors (Lipinski definition) is 1. The molecule has 0 aliphatic heterocycles. The van der Waals surface area contributed by atoms with Crippen LogP contribution in [0, 0.1) is 11.3 Å². The molecular formula is C9H7ClF2N2O. The summed E-state index contributed by atoms with van der Waals surface area (Å²) in [5, 5.41) is 17.5. The quantitative estimate of drug-likeness (QED) is 0.812. The molecule has 80 valence electrons. The molecule has 0 spiro atoms. The first-order chi connectivity index (χ1) is 7.13. The number of nitriles is 1. The predicted octanol–water partition coefficient (Wildman–Crippen LogP) is 2.12. The number of aromatic nitrogens is 1. The highest BCUT2D eigenvalue weighted by Crippen LogP contribution is 2.24. The normalized spacial score (nSPS) is 10.4. The van der Waals surface area contributed by atoms with E-state index in [1.165, 1.54) is 6.07 Å². The zero-order valence-electron chi connectivity index (χ0n) is 7.54. The van der Waals surface area contributed by atoms with Crippen LogP contribution in [-0.2, 0) is 12.5 Å². The van der Waals surface area contributed by atoms with Gasteiger partial charge in [-0.05, 0) is 11.6 Å². The molecule has 0 aromatic carbocycles. The first-order valence-corrected chi connectivity index (χ1v) is 4.55. The first kappa shape index (κ1) is 11.8. The molecule has 1 aromatic heterocycles. The van der Waals surface area contributed by atoms with E-state index in [9.17, 15) is 8.78 Å². The van der Waals surface area contributed by atoms with Crippen molar-refractivity contribution >= 4 is 11.6 Å². The van der Waals surface area contributed by atoms with Gasteiger partial charge < -0.3 is 5.11 Å². The number of nitrogens with zero attached hydrogens (tertiary/aromatic N) is 2. The van der Waals surface area contributed by atoms with Gasteiger partial charge in [-0.15, -0.1) is 11.6 Å². The van der Waals surface area contributed by atoms with Crippen molar-refractivity contribution in [2.75, 3.05) is 0 Å². The van der Waals surface area contributed by atoms with E-state index in [0.717, 1.165) is 0 Å².